The van der Waals surface area contributed by atoms with E-state index in [2.05, 4.69) is 12.2 Å². The Morgan fingerprint density at radius 1 is 1.29 bits per heavy atom. The first-order chi connectivity index (χ1) is 6.18. The second-order valence-electron chi connectivity index (χ2n) is 3.47. The van der Waals surface area contributed by atoms with E-state index in [9.17, 15) is 10.2 Å². The summed E-state index contributed by atoms with van der Waals surface area (Å²) < 4.78 is 0. The fraction of sp³-hybridized carbons (Fsp3) is 0.400. The first-order valence-electron chi connectivity index (χ1n) is 4.46. The Kier molecular flexibility index (Phi) is 3.39. The van der Waals surface area contributed by atoms with Crippen molar-refractivity contribution in [2.45, 2.75) is 19.4 Å². The van der Waals surface area contributed by atoms with Crippen molar-refractivity contribution in [1.82, 2.24) is 5.32 Å². The maximum Gasteiger partial charge on any atom is 0.157 e. The zero-order valence-electron chi connectivity index (χ0n) is 7.95. The van der Waals surface area contributed by atoms with E-state index in [-0.39, 0.29) is 34.5 Å². The number of phenols is 2. The molecule has 78 valence electrons. The first kappa shape index (κ1) is 11.3. The lowest BCUT2D eigenvalue weighted by molar-refractivity contribution is 0.399. The van der Waals surface area contributed by atoms with Gasteiger partial charge in [0.25, 0.3) is 0 Å². The van der Waals surface area contributed by atoms with Gasteiger partial charge in [0.2, 0.25) is 0 Å². The van der Waals surface area contributed by atoms with Crippen molar-refractivity contribution in [2.75, 3.05) is 6.54 Å². The van der Waals surface area contributed by atoms with E-state index >= 15 is 0 Å². The number of benzene rings is 1. The number of nitrogens with one attached hydrogen (secondary N) is 1. The van der Waals surface area contributed by atoms with Crippen LogP contribution < -0.4 is 5.32 Å². The molecule has 2 rings (SSSR count). The van der Waals surface area contributed by atoms with Gasteiger partial charge in [-0.2, -0.15) is 0 Å². The summed E-state index contributed by atoms with van der Waals surface area (Å²) in [5, 5.41) is 21.9. The Morgan fingerprint density at radius 2 is 1.93 bits per heavy atom. The molecule has 1 aromatic rings. The number of rotatable bonds is 0. The molecule has 0 unspecified atom stereocenters. The molecular weight excluding hydrogens is 246 g/mol. The van der Waals surface area contributed by atoms with Crippen LogP contribution in [0.15, 0.2) is 12.1 Å². The maximum atomic E-state index is 9.32. The SMILES string of the molecule is Br.C[C@H]1NCCc2cc(O)c(O)cc21. The standard InChI is InChI=1S/C10H13NO2.BrH/c1-6-8-5-10(13)9(12)4-7(8)2-3-11-6;/h4-6,11-13H,2-3H2,1H3;1H/t6-;/m1./s1. The topological polar surface area (TPSA) is 52.5 Å². The highest BCUT2D eigenvalue weighted by atomic mass is 79.9. The van der Waals surface area contributed by atoms with E-state index in [1.54, 1.807) is 12.1 Å². The third-order valence-electron chi connectivity index (χ3n) is 2.55. The molecular formula is C10H14BrNO2. The summed E-state index contributed by atoms with van der Waals surface area (Å²) in [5.41, 5.74) is 2.21. The van der Waals surface area contributed by atoms with E-state index in [1.807, 2.05) is 0 Å². The maximum absolute atomic E-state index is 9.32. The molecule has 0 fully saturated rings. The fourth-order valence-electron chi connectivity index (χ4n) is 1.79. The molecule has 14 heavy (non-hydrogen) atoms. The van der Waals surface area contributed by atoms with Crippen LogP contribution in [0.4, 0.5) is 0 Å². The number of halogens is 1. The molecule has 0 saturated carbocycles. The lowest BCUT2D eigenvalue weighted by Crippen LogP contribution is -2.27. The zero-order valence-corrected chi connectivity index (χ0v) is 9.66. The number of aromatic hydroxyl groups is 2. The van der Waals surface area contributed by atoms with Crippen LogP contribution in [0, 0.1) is 0 Å². The minimum Gasteiger partial charge on any atom is -0.504 e. The average molecular weight is 260 g/mol. The Hall–Kier alpha value is -0.740. The van der Waals surface area contributed by atoms with Crippen LogP contribution >= 0.6 is 17.0 Å². The van der Waals surface area contributed by atoms with Crippen molar-refractivity contribution in [3.8, 4) is 11.5 Å². The Balaban J connectivity index is 0.000000980. The van der Waals surface area contributed by atoms with Gasteiger partial charge in [0.15, 0.2) is 11.5 Å². The van der Waals surface area contributed by atoms with E-state index in [4.69, 9.17) is 0 Å². The molecule has 0 amide bonds. The summed E-state index contributed by atoms with van der Waals surface area (Å²) in [7, 11) is 0. The van der Waals surface area contributed by atoms with Gasteiger partial charge in [-0.05, 0) is 43.1 Å². The monoisotopic (exact) mass is 259 g/mol. The van der Waals surface area contributed by atoms with Crippen molar-refractivity contribution >= 4 is 17.0 Å². The Labute approximate surface area is 93.5 Å². The lowest BCUT2D eigenvalue weighted by atomic mass is 9.95. The molecule has 0 spiro atoms. The predicted molar refractivity (Wildman–Crippen MR) is 60.2 cm³/mol. The Morgan fingerprint density at radius 3 is 2.64 bits per heavy atom. The molecule has 3 nitrogen and oxygen atoms in total. The van der Waals surface area contributed by atoms with Crippen LogP contribution in [0.5, 0.6) is 11.5 Å². The molecule has 0 saturated heterocycles. The van der Waals surface area contributed by atoms with Crippen molar-refractivity contribution < 1.29 is 10.2 Å². The van der Waals surface area contributed by atoms with Crippen molar-refractivity contribution in [1.29, 1.82) is 0 Å². The third-order valence-corrected chi connectivity index (χ3v) is 2.55. The van der Waals surface area contributed by atoms with E-state index < -0.39 is 0 Å². The van der Waals surface area contributed by atoms with E-state index in [0.29, 0.717) is 0 Å². The summed E-state index contributed by atoms with van der Waals surface area (Å²) in [6, 6.07) is 3.55. The van der Waals surface area contributed by atoms with Gasteiger partial charge in [0.1, 0.15) is 0 Å². The van der Waals surface area contributed by atoms with Crippen molar-refractivity contribution in [3.63, 3.8) is 0 Å². The summed E-state index contributed by atoms with van der Waals surface area (Å²) >= 11 is 0. The largest absolute Gasteiger partial charge is 0.504 e. The minimum atomic E-state index is -0.0331. The second-order valence-corrected chi connectivity index (χ2v) is 3.47. The molecule has 1 heterocycles. The van der Waals surface area contributed by atoms with Gasteiger partial charge >= 0.3 is 0 Å². The van der Waals surface area contributed by atoms with Gasteiger partial charge in [0, 0.05) is 6.04 Å². The molecule has 1 atom stereocenters. The van der Waals surface area contributed by atoms with Crippen molar-refractivity contribution in [3.05, 3.63) is 23.3 Å². The highest BCUT2D eigenvalue weighted by molar-refractivity contribution is 8.93. The summed E-state index contributed by atoms with van der Waals surface area (Å²) in [6.07, 6.45) is 0.910. The molecule has 1 aromatic carbocycles. The number of phenolic OH excluding ortho intramolecular Hbond substituents is 2. The predicted octanol–water partition coefficient (Wildman–Crippen LogP) is 1.88. The fourth-order valence-corrected chi connectivity index (χ4v) is 1.79. The molecule has 1 aliphatic rings. The first-order valence-corrected chi connectivity index (χ1v) is 4.46. The number of hydrogen-bond donors (Lipinski definition) is 3. The molecule has 1 aliphatic heterocycles. The Bertz CT molecular complexity index is 341. The van der Waals surface area contributed by atoms with Gasteiger partial charge in [-0.25, -0.2) is 0 Å². The summed E-state index contributed by atoms with van der Waals surface area (Å²) in [5.74, 6) is -0.0536. The molecule has 4 heteroatoms. The van der Waals surface area contributed by atoms with Crippen LogP contribution in [-0.4, -0.2) is 16.8 Å². The molecule has 0 bridgehead atoms. The lowest BCUT2D eigenvalue weighted by Gasteiger charge is -2.24. The van der Waals surface area contributed by atoms with E-state index in [0.717, 1.165) is 24.1 Å². The van der Waals surface area contributed by atoms with Gasteiger partial charge in [-0.1, -0.05) is 0 Å². The molecule has 0 aliphatic carbocycles. The molecule has 0 radical (unpaired) electrons. The molecule has 0 aromatic heterocycles. The minimum absolute atomic E-state index is 0. The average Bonchev–Trinajstić information content (AvgIpc) is 2.09. The number of fused-ring (bicyclic) bond motifs is 1. The van der Waals surface area contributed by atoms with Crippen LogP contribution in [0.3, 0.4) is 0 Å². The van der Waals surface area contributed by atoms with Gasteiger partial charge < -0.3 is 15.5 Å². The van der Waals surface area contributed by atoms with E-state index in [1.165, 1.54) is 0 Å². The van der Waals surface area contributed by atoms with Crippen molar-refractivity contribution in [2.24, 2.45) is 0 Å². The van der Waals surface area contributed by atoms with Gasteiger partial charge in [-0.3, -0.25) is 0 Å². The smallest absolute Gasteiger partial charge is 0.157 e. The summed E-state index contributed by atoms with van der Waals surface area (Å²) in [4.78, 5) is 0. The van der Waals surface area contributed by atoms with Gasteiger partial charge in [-0.15, -0.1) is 17.0 Å². The summed E-state index contributed by atoms with van der Waals surface area (Å²) in [6.45, 7) is 2.98. The zero-order chi connectivity index (χ0) is 9.42. The van der Waals surface area contributed by atoms with Gasteiger partial charge in [0.05, 0.1) is 0 Å². The van der Waals surface area contributed by atoms with Crippen LogP contribution in [0.2, 0.25) is 0 Å². The van der Waals surface area contributed by atoms with Crippen LogP contribution in [0.25, 0.3) is 0 Å². The second kappa shape index (κ2) is 4.19. The third kappa shape index (κ3) is 1.86. The quantitative estimate of drug-likeness (QED) is 0.624. The highest BCUT2D eigenvalue weighted by Gasteiger charge is 2.17. The van der Waals surface area contributed by atoms with Crippen LogP contribution in [0.1, 0.15) is 24.1 Å². The normalized spacial score (nSPS) is 19.6. The number of hydrogen-bond acceptors (Lipinski definition) is 3. The van der Waals surface area contributed by atoms with Crippen LogP contribution in [-0.2, 0) is 6.42 Å². The molecule has 3 N–H and O–H groups in total. The highest BCUT2D eigenvalue weighted by Crippen LogP contribution is 2.33.